The summed E-state index contributed by atoms with van der Waals surface area (Å²) in [4.78, 5) is 24.5. The average Bonchev–Trinajstić information content (AvgIpc) is 2.34. The Labute approximate surface area is 123 Å². The number of carbonyl (C=O) groups is 2. The summed E-state index contributed by atoms with van der Waals surface area (Å²) in [6.45, 7) is 5.05. The molecule has 0 saturated carbocycles. The Hall–Kier alpha value is -1.59. The number of benzene rings is 1. The molecule has 0 bridgehead atoms. The number of aliphatic carboxylic acids is 1. The zero-order valence-corrected chi connectivity index (χ0v) is 12.5. The van der Waals surface area contributed by atoms with Crippen LogP contribution in [-0.4, -0.2) is 29.6 Å². The van der Waals surface area contributed by atoms with Crippen molar-refractivity contribution in [1.82, 2.24) is 0 Å². The van der Waals surface area contributed by atoms with Gasteiger partial charge in [0, 0.05) is 10.7 Å². The molecular weight excluding hydrogens is 280 g/mol. The largest absolute Gasteiger partial charge is 0.480 e. The van der Waals surface area contributed by atoms with Gasteiger partial charge in [-0.25, -0.2) is 0 Å². The molecule has 0 aliphatic rings. The molecule has 1 rings (SSSR count). The molecule has 0 aliphatic heterocycles. The van der Waals surface area contributed by atoms with Gasteiger partial charge in [0.25, 0.3) is 0 Å². The van der Waals surface area contributed by atoms with Crippen LogP contribution < -0.4 is 10.6 Å². The quantitative estimate of drug-likeness (QED) is 0.892. The van der Waals surface area contributed by atoms with E-state index in [4.69, 9.17) is 22.4 Å². The van der Waals surface area contributed by atoms with E-state index in [-0.39, 0.29) is 0 Å². The van der Waals surface area contributed by atoms with E-state index in [1.807, 2.05) is 20.8 Å². The van der Waals surface area contributed by atoms with Crippen LogP contribution in [0.4, 0.5) is 5.69 Å². The number of nitrogens with two attached hydrogens (primary N) is 1. The number of amides is 1. The highest BCUT2D eigenvalue weighted by atomic mass is 35.5. The average molecular weight is 299 g/mol. The highest BCUT2D eigenvalue weighted by Crippen LogP contribution is 2.23. The molecule has 1 aromatic rings. The van der Waals surface area contributed by atoms with Gasteiger partial charge < -0.3 is 10.8 Å². The van der Waals surface area contributed by atoms with Gasteiger partial charge in [-0.05, 0) is 29.7 Å². The van der Waals surface area contributed by atoms with Crippen LogP contribution in [0, 0.1) is 5.41 Å². The number of carboxylic acid groups (broad SMARTS) is 1. The Balaban J connectivity index is 3.09. The first-order valence-electron chi connectivity index (χ1n) is 6.17. The second kappa shape index (κ2) is 6.24. The lowest BCUT2D eigenvalue weighted by Crippen LogP contribution is -2.51. The Kier molecular flexibility index (Phi) is 5.14. The first-order valence-corrected chi connectivity index (χ1v) is 6.55. The van der Waals surface area contributed by atoms with Crippen LogP contribution in [0.3, 0.4) is 0 Å². The number of hydrogen-bond acceptors (Lipinski definition) is 3. The normalized spacial score (nSPS) is 12.8. The van der Waals surface area contributed by atoms with E-state index < -0.39 is 29.9 Å². The molecule has 6 heteroatoms. The Morgan fingerprint density at radius 3 is 2.20 bits per heavy atom. The monoisotopic (exact) mass is 298 g/mol. The lowest BCUT2D eigenvalue weighted by Gasteiger charge is -2.31. The van der Waals surface area contributed by atoms with E-state index in [0.717, 1.165) is 4.90 Å². The van der Waals surface area contributed by atoms with Crippen molar-refractivity contribution in [2.75, 3.05) is 11.4 Å². The third-order valence-corrected chi connectivity index (χ3v) is 3.15. The molecule has 3 N–H and O–H groups in total. The number of carbonyl (C=O) groups excluding carboxylic acids is 1. The smallest absolute Gasteiger partial charge is 0.323 e. The third-order valence-electron chi connectivity index (χ3n) is 2.90. The SMILES string of the molecule is CC(C)(C)[C@H](N)C(=O)N(CC(=O)O)c1ccc(Cl)cc1. The van der Waals surface area contributed by atoms with Crippen LogP contribution in [0.1, 0.15) is 20.8 Å². The van der Waals surface area contributed by atoms with Gasteiger partial charge in [-0.15, -0.1) is 0 Å². The molecule has 0 aliphatic carbocycles. The Morgan fingerprint density at radius 1 is 1.30 bits per heavy atom. The van der Waals surface area contributed by atoms with Gasteiger partial charge in [-0.3, -0.25) is 14.5 Å². The highest BCUT2D eigenvalue weighted by Gasteiger charge is 2.32. The van der Waals surface area contributed by atoms with Gasteiger partial charge in [0.05, 0.1) is 6.04 Å². The van der Waals surface area contributed by atoms with Gasteiger partial charge in [0.2, 0.25) is 5.91 Å². The van der Waals surface area contributed by atoms with Crippen molar-refractivity contribution in [3.63, 3.8) is 0 Å². The number of hydrogen-bond donors (Lipinski definition) is 2. The first-order chi connectivity index (χ1) is 9.12. The van der Waals surface area contributed by atoms with Crippen LogP contribution in [0.15, 0.2) is 24.3 Å². The standard InChI is InChI=1S/C14H19ClN2O3/c1-14(2,3)12(16)13(20)17(8-11(18)19)10-6-4-9(15)5-7-10/h4-7,12H,8,16H2,1-3H3,(H,18,19)/t12-/m1/s1. The van der Waals surface area contributed by atoms with E-state index >= 15 is 0 Å². The van der Waals surface area contributed by atoms with Crippen LogP contribution in [0.2, 0.25) is 5.02 Å². The predicted octanol–water partition coefficient (Wildman–Crippen LogP) is 2.13. The van der Waals surface area contributed by atoms with Crippen molar-refractivity contribution in [3.8, 4) is 0 Å². The molecular formula is C14H19ClN2O3. The molecule has 1 aromatic carbocycles. The fourth-order valence-electron chi connectivity index (χ4n) is 1.59. The lowest BCUT2D eigenvalue weighted by molar-refractivity contribution is -0.137. The topological polar surface area (TPSA) is 83.6 Å². The summed E-state index contributed by atoms with van der Waals surface area (Å²) in [6.07, 6.45) is 0. The van der Waals surface area contributed by atoms with Crippen molar-refractivity contribution in [3.05, 3.63) is 29.3 Å². The van der Waals surface area contributed by atoms with Gasteiger partial charge in [-0.2, -0.15) is 0 Å². The predicted molar refractivity (Wildman–Crippen MR) is 78.9 cm³/mol. The molecule has 0 spiro atoms. The van der Waals surface area contributed by atoms with E-state index in [2.05, 4.69) is 0 Å². The van der Waals surface area contributed by atoms with E-state index in [1.165, 1.54) is 0 Å². The number of halogens is 1. The summed E-state index contributed by atoms with van der Waals surface area (Å²) < 4.78 is 0. The second-order valence-electron chi connectivity index (χ2n) is 5.64. The maximum absolute atomic E-state index is 12.4. The molecule has 5 nitrogen and oxygen atoms in total. The molecule has 0 aromatic heterocycles. The Morgan fingerprint density at radius 2 is 1.80 bits per heavy atom. The van der Waals surface area contributed by atoms with Crippen molar-refractivity contribution in [1.29, 1.82) is 0 Å². The minimum absolute atomic E-state index is 0.428. The molecule has 1 atom stereocenters. The summed E-state index contributed by atoms with van der Waals surface area (Å²) in [5, 5.41) is 9.48. The van der Waals surface area contributed by atoms with E-state index in [0.29, 0.717) is 10.7 Å². The minimum Gasteiger partial charge on any atom is -0.480 e. The van der Waals surface area contributed by atoms with E-state index in [9.17, 15) is 9.59 Å². The molecule has 20 heavy (non-hydrogen) atoms. The first kappa shape index (κ1) is 16.5. The molecule has 0 fully saturated rings. The van der Waals surface area contributed by atoms with E-state index in [1.54, 1.807) is 24.3 Å². The van der Waals surface area contributed by atoms with Crippen LogP contribution in [0.25, 0.3) is 0 Å². The molecule has 0 saturated heterocycles. The van der Waals surface area contributed by atoms with Crippen molar-refractivity contribution in [2.24, 2.45) is 11.1 Å². The van der Waals surface area contributed by atoms with Crippen molar-refractivity contribution >= 4 is 29.2 Å². The molecule has 110 valence electrons. The molecule has 1 amide bonds. The number of carboxylic acids is 1. The van der Waals surface area contributed by atoms with Crippen molar-refractivity contribution < 1.29 is 14.7 Å². The number of anilines is 1. The van der Waals surface area contributed by atoms with Gasteiger partial charge in [0.1, 0.15) is 6.54 Å². The maximum Gasteiger partial charge on any atom is 0.323 e. The Bertz CT molecular complexity index is 494. The summed E-state index contributed by atoms with van der Waals surface area (Å²) in [6, 6.07) is 5.60. The second-order valence-corrected chi connectivity index (χ2v) is 6.07. The van der Waals surface area contributed by atoms with Gasteiger partial charge in [-0.1, -0.05) is 32.4 Å². The van der Waals surface area contributed by atoms with Crippen LogP contribution in [0.5, 0.6) is 0 Å². The molecule has 0 heterocycles. The maximum atomic E-state index is 12.4. The highest BCUT2D eigenvalue weighted by molar-refractivity contribution is 6.30. The fourth-order valence-corrected chi connectivity index (χ4v) is 1.72. The lowest BCUT2D eigenvalue weighted by atomic mass is 9.86. The number of rotatable bonds is 4. The summed E-state index contributed by atoms with van der Waals surface area (Å²) in [7, 11) is 0. The number of nitrogens with zero attached hydrogens (tertiary/aromatic N) is 1. The fraction of sp³-hybridized carbons (Fsp3) is 0.429. The summed E-state index contributed by atoms with van der Waals surface area (Å²) in [5.41, 5.74) is 5.93. The summed E-state index contributed by atoms with van der Waals surface area (Å²) >= 11 is 5.79. The van der Waals surface area contributed by atoms with Crippen LogP contribution >= 0.6 is 11.6 Å². The third kappa shape index (κ3) is 4.21. The molecule has 0 radical (unpaired) electrons. The van der Waals surface area contributed by atoms with Gasteiger partial charge in [0.15, 0.2) is 0 Å². The zero-order chi connectivity index (χ0) is 15.5. The zero-order valence-electron chi connectivity index (χ0n) is 11.8. The molecule has 0 unspecified atom stereocenters. The summed E-state index contributed by atoms with van der Waals surface area (Å²) in [5.74, 6) is -1.53. The van der Waals surface area contributed by atoms with Crippen molar-refractivity contribution in [2.45, 2.75) is 26.8 Å². The minimum atomic E-state index is -1.10. The van der Waals surface area contributed by atoms with Crippen LogP contribution in [-0.2, 0) is 9.59 Å². The van der Waals surface area contributed by atoms with Gasteiger partial charge >= 0.3 is 5.97 Å².